The van der Waals surface area contributed by atoms with Gasteiger partial charge < -0.3 is 4.79 Å². The number of aryl methyl sites for hydroxylation is 2. The van der Waals surface area contributed by atoms with Crippen LogP contribution in [0.2, 0.25) is 0 Å². The van der Waals surface area contributed by atoms with Crippen molar-refractivity contribution < 1.29 is 4.79 Å². The maximum Gasteiger partial charge on any atom is 0.270 e. The summed E-state index contributed by atoms with van der Waals surface area (Å²) >= 11 is 0. The van der Waals surface area contributed by atoms with Crippen molar-refractivity contribution in [2.75, 3.05) is 0 Å². The number of rotatable bonds is 5. The van der Waals surface area contributed by atoms with Crippen molar-refractivity contribution in [1.29, 1.82) is 0 Å². The lowest BCUT2D eigenvalue weighted by molar-refractivity contribution is -0.107. The summed E-state index contributed by atoms with van der Waals surface area (Å²) in [5.74, 6) is 0. The van der Waals surface area contributed by atoms with Crippen LogP contribution in [-0.2, 0) is 17.8 Å². The molecule has 0 bridgehead atoms. The van der Waals surface area contributed by atoms with Crippen molar-refractivity contribution in [3.05, 3.63) is 21.6 Å². The first-order chi connectivity index (χ1) is 6.70. The molecule has 0 spiro atoms. The Bertz CT molecular complexity index is 363. The van der Waals surface area contributed by atoms with Crippen molar-refractivity contribution in [2.24, 2.45) is 0 Å². The molecule has 0 saturated heterocycles. The van der Waals surface area contributed by atoms with E-state index in [0.29, 0.717) is 12.1 Å². The summed E-state index contributed by atoms with van der Waals surface area (Å²) in [5, 5.41) is 2.98. The number of unbranched alkanes of at least 4 members (excludes halogenated alkanes) is 1. The molecule has 0 fully saturated rings. The van der Waals surface area contributed by atoms with Crippen LogP contribution in [0.1, 0.15) is 31.0 Å². The van der Waals surface area contributed by atoms with Gasteiger partial charge in [-0.25, -0.2) is 0 Å². The maximum absolute atomic E-state index is 11.7. The van der Waals surface area contributed by atoms with Gasteiger partial charge in [-0.3, -0.25) is 14.6 Å². The van der Waals surface area contributed by atoms with E-state index < -0.39 is 0 Å². The van der Waals surface area contributed by atoms with Gasteiger partial charge in [-0.15, -0.1) is 0 Å². The predicted molar refractivity (Wildman–Crippen MR) is 54.5 cm³/mol. The number of aromatic amines is 1. The van der Waals surface area contributed by atoms with E-state index in [1.54, 1.807) is 4.68 Å². The molecule has 0 aromatic carbocycles. The molecule has 14 heavy (non-hydrogen) atoms. The standard InChI is InChI=1S/C10H16N2O2/c1-3-4-6-12-10(14)9(5-7-13)8(2)11-12/h7,11H,3-6H2,1-2H3. The molecule has 1 aromatic heterocycles. The third-order valence-corrected chi connectivity index (χ3v) is 2.28. The lowest BCUT2D eigenvalue weighted by Gasteiger charge is -1.97. The fourth-order valence-electron chi connectivity index (χ4n) is 1.44. The Kier molecular flexibility index (Phi) is 3.68. The highest BCUT2D eigenvalue weighted by Crippen LogP contribution is 2.00. The van der Waals surface area contributed by atoms with E-state index in [1.807, 2.05) is 6.92 Å². The van der Waals surface area contributed by atoms with Crippen molar-refractivity contribution in [3.8, 4) is 0 Å². The average molecular weight is 196 g/mol. The van der Waals surface area contributed by atoms with Crippen LogP contribution in [0, 0.1) is 6.92 Å². The van der Waals surface area contributed by atoms with E-state index in [9.17, 15) is 9.59 Å². The predicted octanol–water partition coefficient (Wildman–Crippen LogP) is 1.03. The van der Waals surface area contributed by atoms with E-state index in [1.165, 1.54) is 0 Å². The monoisotopic (exact) mass is 196 g/mol. The molecule has 1 N–H and O–H groups in total. The molecule has 1 aromatic rings. The van der Waals surface area contributed by atoms with Crippen molar-refractivity contribution in [1.82, 2.24) is 9.78 Å². The van der Waals surface area contributed by atoms with Gasteiger partial charge >= 0.3 is 0 Å². The van der Waals surface area contributed by atoms with Gasteiger partial charge in [-0.1, -0.05) is 13.3 Å². The van der Waals surface area contributed by atoms with Gasteiger partial charge in [0.1, 0.15) is 6.29 Å². The second-order valence-electron chi connectivity index (χ2n) is 3.40. The molecule has 0 aliphatic rings. The largest absolute Gasteiger partial charge is 0.303 e. The minimum atomic E-state index is -0.0527. The van der Waals surface area contributed by atoms with Crippen LogP contribution in [0.15, 0.2) is 4.79 Å². The second kappa shape index (κ2) is 4.79. The molecule has 1 rings (SSSR count). The lowest BCUT2D eigenvalue weighted by atomic mass is 10.2. The Balaban J connectivity index is 2.92. The quantitative estimate of drug-likeness (QED) is 0.715. The molecule has 0 aliphatic heterocycles. The molecule has 0 amide bonds. The minimum Gasteiger partial charge on any atom is -0.303 e. The number of hydrogen-bond acceptors (Lipinski definition) is 2. The Labute approximate surface area is 82.9 Å². The van der Waals surface area contributed by atoms with Gasteiger partial charge in [-0.05, 0) is 13.3 Å². The van der Waals surface area contributed by atoms with Crippen LogP contribution >= 0.6 is 0 Å². The number of nitrogens with one attached hydrogen (secondary N) is 1. The zero-order valence-corrected chi connectivity index (χ0v) is 8.67. The molecule has 0 unspecified atom stereocenters. The van der Waals surface area contributed by atoms with Gasteiger partial charge in [0.2, 0.25) is 0 Å². The Morgan fingerprint density at radius 3 is 2.79 bits per heavy atom. The number of aromatic nitrogens is 2. The average Bonchev–Trinajstić information content (AvgIpc) is 2.43. The fourth-order valence-corrected chi connectivity index (χ4v) is 1.44. The number of nitrogens with zero attached hydrogens (tertiary/aromatic N) is 1. The zero-order valence-electron chi connectivity index (χ0n) is 8.67. The summed E-state index contributed by atoms with van der Waals surface area (Å²) < 4.78 is 1.58. The number of aldehydes is 1. The van der Waals surface area contributed by atoms with Crippen molar-refractivity contribution in [3.63, 3.8) is 0 Å². The van der Waals surface area contributed by atoms with Crippen LogP contribution in [-0.4, -0.2) is 16.1 Å². The summed E-state index contributed by atoms with van der Waals surface area (Å²) in [6.07, 6.45) is 3.00. The second-order valence-corrected chi connectivity index (χ2v) is 3.40. The smallest absolute Gasteiger partial charge is 0.270 e. The molecule has 1 heterocycles. The summed E-state index contributed by atoms with van der Waals surface area (Å²) in [6, 6.07) is 0. The molecular formula is C10H16N2O2. The van der Waals surface area contributed by atoms with Crippen LogP contribution < -0.4 is 5.56 Å². The molecule has 0 atom stereocenters. The third-order valence-electron chi connectivity index (χ3n) is 2.28. The first kappa shape index (κ1) is 10.8. The normalized spacial score (nSPS) is 10.4. The van der Waals surface area contributed by atoms with E-state index in [0.717, 1.165) is 24.8 Å². The summed E-state index contributed by atoms with van der Waals surface area (Å²) in [4.78, 5) is 22.0. The van der Waals surface area contributed by atoms with E-state index in [4.69, 9.17) is 0 Å². The highest BCUT2D eigenvalue weighted by atomic mass is 16.1. The van der Waals surface area contributed by atoms with Gasteiger partial charge in [0.05, 0.1) is 0 Å². The molecule has 4 nitrogen and oxygen atoms in total. The number of carbonyl (C=O) groups excluding carboxylic acids is 1. The zero-order chi connectivity index (χ0) is 10.6. The summed E-state index contributed by atoms with van der Waals surface area (Å²) in [7, 11) is 0. The number of hydrogen-bond donors (Lipinski definition) is 1. The van der Waals surface area contributed by atoms with Gasteiger partial charge in [-0.2, -0.15) is 0 Å². The van der Waals surface area contributed by atoms with Gasteiger partial charge in [0, 0.05) is 24.2 Å². The molecule has 78 valence electrons. The lowest BCUT2D eigenvalue weighted by Crippen LogP contribution is -2.19. The van der Waals surface area contributed by atoms with Crippen molar-refractivity contribution in [2.45, 2.75) is 39.7 Å². The third kappa shape index (κ3) is 2.13. The maximum atomic E-state index is 11.7. The topological polar surface area (TPSA) is 54.9 Å². The Morgan fingerprint density at radius 1 is 1.50 bits per heavy atom. The molecule has 4 heteroatoms. The fraction of sp³-hybridized carbons (Fsp3) is 0.600. The van der Waals surface area contributed by atoms with Gasteiger partial charge in [0.15, 0.2) is 0 Å². The van der Waals surface area contributed by atoms with Crippen LogP contribution in [0.3, 0.4) is 0 Å². The molecule has 0 saturated carbocycles. The van der Waals surface area contributed by atoms with E-state index in [2.05, 4.69) is 12.0 Å². The number of H-pyrrole nitrogens is 1. The first-order valence-corrected chi connectivity index (χ1v) is 4.92. The Morgan fingerprint density at radius 2 is 2.21 bits per heavy atom. The van der Waals surface area contributed by atoms with Crippen molar-refractivity contribution >= 4 is 6.29 Å². The molecule has 0 radical (unpaired) electrons. The van der Waals surface area contributed by atoms with Gasteiger partial charge in [0.25, 0.3) is 5.56 Å². The summed E-state index contributed by atoms with van der Waals surface area (Å²) in [6.45, 7) is 4.60. The highest BCUT2D eigenvalue weighted by Gasteiger charge is 2.09. The summed E-state index contributed by atoms with van der Waals surface area (Å²) in [5.41, 5.74) is 1.34. The van der Waals surface area contributed by atoms with Crippen LogP contribution in [0.4, 0.5) is 0 Å². The first-order valence-electron chi connectivity index (χ1n) is 4.92. The number of carbonyl (C=O) groups is 1. The van der Waals surface area contributed by atoms with E-state index >= 15 is 0 Å². The highest BCUT2D eigenvalue weighted by molar-refractivity contribution is 5.55. The van der Waals surface area contributed by atoms with Crippen LogP contribution in [0.5, 0.6) is 0 Å². The van der Waals surface area contributed by atoms with Crippen LogP contribution in [0.25, 0.3) is 0 Å². The molecule has 0 aliphatic carbocycles. The minimum absolute atomic E-state index is 0.0527. The molecular weight excluding hydrogens is 180 g/mol. The SMILES string of the molecule is CCCCn1[nH]c(C)c(CC=O)c1=O. The van der Waals surface area contributed by atoms with E-state index in [-0.39, 0.29) is 12.0 Å². The Hall–Kier alpha value is -1.32.